The maximum atomic E-state index is 5.36. The van der Waals surface area contributed by atoms with Crippen LogP contribution in [-0.2, 0) is 4.74 Å². The second kappa shape index (κ2) is 5.47. The fraction of sp³-hybridized carbons (Fsp3) is 0.692. The molecule has 0 aromatic carbocycles. The van der Waals surface area contributed by atoms with E-state index in [0.29, 0.717) is 0 Å². The fourth-order valence-corrected chi connectivity index (χ4v) is 2.28. The zero-order valence-corrected chi connectivity index (χ0v) is 9.67. The lowest BCUT2D eigenvalue weighted by molar-refractivity contribution is 0.0419. The van der Waals surface area contributed by atoms with Crippen LogP contribution >= 0.6 is 0 Å². The lowest BCUT2D eigenvalue weighted by atomic mass is 10.1. The zero-order chi connectivity index (χ0) is 10.5. The van der Waals surface area contributed by atoms with E-state index in [1.807, 2.05) is 0 Å². The van der Waals surface area contributed by atoms with Crippen molar-refractivity contribution in [3.05, 3.63) is 23.3 Å². The lowest BCUT2D eigenvalue weighted by Gasteiger charge is -2.27. The standard InChI is InChI=1S/C13H21NO/c1-12-4-2-3-5-13(10-12)11-14-6-8-15-9-7-14/h4,10H,2-3,5-9,11H2,1H3. The van der Waals surface area contributed by atoms with Crippen LogP contribution in [0.1, 0.15) is 26.2 Å². The van der Waals surface area contributed by atoms with Gasteiger partial charge in [0.2, 0.25) is 0 Å². The van der Waals surface area contributed by atoms with E-state index >= 15 is 0 Å². The van der Waals surface area contributed by atoms with Gasteiger partial charge in [-0.25, -0.2) is 0 Å². The molecule has 15 heavy (non-hydrogen) atoms. The fourth-order valence-electron chi connectivity index (χ4n) is 2.28. The van der Waals surface area contributed by atoms with Crippen molar-refractivity contribution in [3.63, 3.8) is 0 Å². The molecule has 0 aromatic rings. The van der Waals surface area contributed by atoms with Gasteiger partial charge in [0.05, 0.1) is 13.2 Å². The minimum absolute atomic E-state index is 0.905. The van der Waals surface area contributed by atoms with Crippen molar-refractivity contribution in [2.75, 3.05) is 32.8 Å². The summed E-state index contributed by atoms with van der Waals surface area (Å²) in [5, 5.41) is 0. The quantitative estimate of drug-likeness (QED) is 0.689. The Morgan fingerprint density at radius 2 is 2.13 bits per heavy atom. The van der Waals surface area contributed by atoms with Crippen LogP contribution in [0.15, 0.2) is 23.3 Å². The molecule has 1 heterocycles. The SMILES string of the molecule is CC1=CCCCC(CN2CCOCC2)=C1. The van der Waals surface area contributed by atoms with Gasteiger partial charge >= 0.3 is 0 Å². The molecule has 0 unspecified atom stereocenters. The third-order valence-corrected chi connectivity index (χ3v) is 3.13. The van der Waals surface area contributed by atoms with Gasteiger partial charge < -0.3 is 4.74 Å². The molecule has 1 aliphatic heterocycles. The molecule has 0 N–H and O–H groups in total. The summed E-state index contributed by atoms with van der Waals surface area (Å²) in [5.41, 5.74) is 3.04. The molecule has 2 rings (SSSR count). The molecule has 0 amide bonds. The smallest absolute Gasteiger partial charge is 0.0594 e. The van der Waals surface area contributed by atoms with Crippen molar-refractivity contribution >= 4 is 0 Å². The summed E-state index contributed by atoms with van der Waals surface area (Å²) in [4.78, 5) is 2.51. The minimum Gasteiger partial charge on any atom is -0.379 e. The molecular formula is C13H21NO. The van der Waals surface area contributed by atoms with E-state index in [1.165, 1.54) is 24.8 Å². The molecule has 2 aliphatic rings. The zero-order valence-electron chi connectivity index (χ0n) is 9.67. The van der Waals surface area contributed by atoms with Gasteiger partial charge in [0.25, 0.3) is 0 Å². The van der Waals surface area contributed by atoms with E-state index in [0.717, 1.165) is 32.8 Å². The number of nitrogens with zero attached hydrogens (tertiary/aromatic N) is 1. The molecule has 0 radical (unpaired) electrons. The van der Waals surface area contributed by atoms with Crippen LogP contribution in [-0.4, -0.2) is 37.7 Å². The first-order valence-electron chi connectivity index (χ1n) is 6.01. The first-order valence-corrected chi connectivity index (χ1v) is 6.01. The first-order chi connectivity index (χ1) is 7.34. The van der Waals surface area contributed by atoms with Crippen LogP contribution in [0.4, 0.5) is 0 Å². The van der Waals surface area contributed by atoms with Crippen LogP contribution in [0.5, 0.6) is 0 Å². The van der Waals surface area contributed by atoms with E-state index in [2.05, 4.69) is 24.0 Å². The highest BCUT2D eigenvalue weighted by Crippen LogP contribution is 2.18. The van der Waals surface area contributed by atoms with Crippen molar-refractivity contribution < 1.29 is 4.74 Å². The highest BCUT2D eigenvalue weighted by Gasteiger charge is 2.12. The van der Waals surface area contributed by atoms with Crippen molar-refractivity contribution in [3.8, 4) is 0 Å². The number of hydrogen-bond donors (Lipinski definition) is 0. The largest absolute Gasteiger partial charge is 0.379 e. The topological polar surface area (TPSA) is 12.5 Å². The summed E-state index contributed by atoms with van der Waals surface area (Å²) in [6.07, 6.45) is 8.56. The van der Waals surface area contributed by atoms with Gasteiger partial charge in [-0.1, -0.05) is 23.3 Å². The van der Waals surface area contributed by atoms with E-state index in [4.69, 9.17) is 4.74 Å². The van der Waals surface area contributed by atoms with Crippen LogP contribution < -0.4 is 0 Å². The number of ether oxygens (including phenoxy) is 1. The Kier molecular flexibility index (Phi) is 3.98. The molecule has 0 saturated carbocycles. The molecule has 84 valence electrons. The maximum absolute atomic E-state index is 5.36. The van der Waals surface area contributed by atoms with Crippen LogP contribution in [0.25, 0.3) is 0 Å². The summed E-state index contributed by atoms with van der Waals surface area (Å²) in [6, 6.07) is 0. The molecule has 2 heteroatoms. The molecule has 0 spiro atoms. The summed E-state index contributed by atoms with van der Waals surface area (Å²) < 4.78 is 5.36. The van der Waals surface area contributed by atoms with Gasteiger partial charge in [-0.15, -0.1) is 0 Å². The van der Waals surface area contributed by atoms with Gasteiger partial charge in [-0.05, 0) is 26.2 Å². The Labute approximate surface area is 92.6 Å². The molecule has 0 aromatic heterocycles. The van der Waals surface area contributed by atoms with E-state index in [-0.39, 0.29) is 0 Å². The first kappa shape index (κ1) is 10.9. The summed E-state index contributed by atoms with van der Waals surface area (Å²) in [5.74, 6) is 0. The van der Waals surface area contributed by atoms with Crippen LogP contribution in [0.3, 0.4) is 0 Å². The Morgan fingerprint density at radius 1 is 1.33 bits per heavy atom. The molecule has 1 saturated heterocycles. The van der Waals surface area contributed by atoms with Gasteiger partial charge in [0.15, 0.2) is 0 Å². The summed E-state index contributed by atoms with van der Waals surface area (Å²) >= 11 is 0. The normalized spacial score (nSPS) is 24.3. The average Bonchev–Trinajstić information content (AvgIpc) is 2.44. The van der Waals surface area contributed by atoms with E-state index in [1.54, 1.807) is 5.57 Å². The van der Waals surface area contributed by atoms with Crippen molar-refractivity contribution in [2.24, 2.45) is 0 Å². The van der Waals surface area contributed by atoms with Crippen molar-refractivity contribution in [2.45, 2.75) is 26.2 Å². The monoisotopic (exact) mass is 207 g/mol. The molecule has 1 aliphatic carbocycles. The number of hydrogen-bond acceptors (Lipinski definition) is 2. The second-order valence-electron chi connectivity index (χ2n) is 4.53. The predicted molar refractivity (Wildman–Crippen MR) is 63.0 cm³/mol. The van der Waals surface area contributed by atoms with Gasteiger partial charge in [-0.3, -0.25) is 4.90 Å². The van der Waals surface area contributed by atoms with Crippen LogP contribution in [0.2, 0.25) is 0 Å². The van der Waals surface area contributed by atoms with Crippen LogP contribution in [0, 0.1) is 0 Å². The summed E-state index contributed by atoms with van der Waals surface area (Å²) in [7, 11) is 0. The van der Waals surface area contributed by atoms with Gasteiger partial charge in [-0.2, -0.15) is 0 Å². The van der Waals surface area contributed by atoms with Gasteiger partial charge in [0, 0.05) is 19.6 Å². The molecular weight excluding hydrogens is 186 g/mol. The number of rotatable bonds is 2. The maximum Gasteiger partial charge on any atom is 0.0594 e. The number of allylic oxidation sites excluding steroid dienone is 3. The highest BCUT2D eigenvalue weighted by atomic mass is 16.5. The van der Waals surface area contributed by atoms with E-state index < -0.39 is 0 Å². The molecule has 0 atom stereocenters. The third kappa shape index (κ3) is 3.47. The Balaban J connectivity index is 1.89. The highest BCUT2D eigenvalue weighted by molar-refractivity contribution is 5.24. The Hall–Kier alpha value is -0.600. The molecule has 0 bridgehead atoms. The molecule has 1 fully saturated rings. The predicted octanol–water partition coefficient (Wildman–Crippen LogP) is 2.38. The van der Waals surface area contributed by atoms with Crippen molar-refractivity contribution in [1.82, 2.24) is 4.90 Å². The number of morpholine rings is 1. The lowest BCUT2D eigenvalue weighted by Crippen LogP contribution is -2.37. The average molecular weight is 207 g/mol. The van der Waals surface area contributed by atoms with E-state index in [9.17, 15) is 0 Å². The molecule has 2 nitrogen and oxygen atoms in total. The second-order valence-corrected chi connectivity index (χ2v) is 4.53. The third-order valence-electron chi connectivity index (χ3n) is 3.13. The minimum atomic E-state index is 0.905. The Bertz CT molecular complexity index is 262. The van der Waals surface area contributed by atoms with Crippen molar-refractivity contribution in [1.29, 1.82) is 0 Å². The summed E-state index contributed by atoms with van der Waals surface area (Å²) in [6.45, 7) is 7.36. The van der Waals surface area contributed by atoms with Gasteiger partial charge in [0.1, 0.15) is 0 Å². The Morgan fingerprint density at radius 3 is 2.93 bits per heavy atom.